The molecule has 0 aliphatic carbocycles. The second-order valence-corrected chi connectivity index (χ2v) is 5.77. The summed E-state index contributed by atoms with van der Waals surface area (Å²) in [6.45, 7) is 7.21. The van der Waals surface area contributed by atoms with Crippen LogP contribution in [0, 0.1) is 5.92 Å². The molecule has 1 aromatic heterocycles. The molecule has 1 heterocycles. The van der Waals surface area contributed by atoms with E-state index in [4.69, 9.17) is 10.5 Å². The van der Waals surface area contributed by atoms with Crippen LogP contribution in [0.3, 0.4) is 0 Å². The first-order chi connectivity index (χ1) is 10.1. The van der Waals surface area contributed by atoms with E-state index < -0.39 is 0 Å². The number of ether oxygens (including phenoxy) is 1. The van der Waals surface area contributed by atoms with Gasteiger partial charge in [0.05, 0.1) is 24.8 Å². The minimum absolute atomic E-state index is 0.00326. The van der Waals surface area contributed by atoms with Gasteiger partial charge in [0.1, 0.15) is 5.75 Å². The molecular weight excluding hydrogens is 262 g/mol. The number of hydrogen-bond acceptors (Lipinski definition) is 3. The first kappa shape index (κ1) is 15.6. The molecule has 0 saturated carbocycles. The fraction of sp³-hybridized carbons (Fsp3) is 0.471. The Morgan fingerprint density at radius 1 is 1.24 bits per heavy atom. The number of nitrogens with zero attached hydrogens (tertiary/aromatic N) is 2. The van der Waals surface area contributed by atoms with Crippen molar-refractivity contribution in [2.75, 3.05) is 6.61 Å². The Labute approximate surface area is 127 Å². The summed E-state index contributed by atoms with van der Waals surface area (Å²) < 4.78 is 7.66. The van der Waals surface area contributed by atoms with Gasteiger partial charge in [0.2, 0.25) is 0 Å². The summed E-state index contributed by atoms with van der Waals surface area (Å²) in [5, 5.41) is 0. The van der Waals surface area contributed by atoms with Gasteiger partial charge in [-0.15, -0.1) is 0 Å². The van der Waals surface area contributed by atoms with Gasteiger partial charge in [-0.1, -0.05) is 20.8 Å². The van der Waals surface area contributed by atoms with Crippen molar-refractivity contribution in [3.05, 3.63) is 42.5 Å². The third-order valence-corrected chi connectivity index (χ3v) is 3.36. The van der Waals surface area contributed by atoms with E-state index in [1.54, 1.807) is 0 Å². The van der Waals surface area contributed by atoms with E-state index >= 15 is 0 Å². The van der Waals surface area contributed by atoms with E-state index in [1.165, 1.54) is 0 Å². The molecule has 1 aromatic carbocycles. The molecule has 2 rings (SSSR count). The van der Waals surface area contributed by atoms with Crippen molar-refractivity contribution >= 4 is 0 Å². The van der Waals surface area contributed by atoms with E-state index in [9.17, 15) is 0 Å². The maximum Gasteiger partial charge on any atom is 0.119 e. The van der Waals surface area contributed by atoms with Crippen molar-refractivity contribution in [1.82, 2.24) is 9.55 Å². The summed E-state index contributed by atoms with van der Waals surface area (Å²) in [5.74, 6) is 1.46. The van der Waals surface area contributed by atoms with Gasteiger partial charge in [0, 0.05) is 11.7 Å². The topological polar surface area (TPSA) is 53.1 Å². The van der Waals surface area contributed by atoms with Gasteiger partial charge in [0.25, 0.3) is 0 Å². The molecule has 0 spiro atoms. The maximum absolute atomic E-state index is 6.29. The Morgan fingerprint density at radius 3 is 2.57 bits per heavy atom. The zero-order valence-corrected chi connectivity index (χ0v) is 13.1. The average Bonchev–Trinajstić information content (AvgIpc) is 2.94. The monoisotopic (exact) mass is 287 g/mol. The minimum atomic E-state index is 0.00326. The van der Waals surface area contributed by atoms with E-state index in [2.05, 4.69) is 30.3 Å². The van der Waals surface area contributed by atoms with Gasteiger partial charge >= 0.3 is 0 Å². The molecule has 0 bridgehead atoms. The summed E-state index contributed by atoms with van der Waals surface area (Å²) in [4.78, 5) is 4.25. The predicted molar refractivity (Wildman–Crippen MR) is 85.7 cm³/mol. The van der Waals surface area contributed by atoms with Crippen LogP contribution in [-0.2, 0) is 0 Å². The van der Waals surface area contributed by atoms with Crippen molar-refractivity contribution in [3.63, 3.8) is 0 Å². The number of imidazole rings is 1. The molecule has 114 valence electrons. The van der Waals surface area contributed by atoms with Gasteiger partial charge in [-0.05, 0) is 43.0 Å². The lowest BCUT2D eigenvalue weighted by Gasteiger charge is -2.16. The van der Waals surface area contributed by atoms with Crippen LogP contribution in [0.25, 0.3) is 5.69 Å². The molecule has 2 aromatic rings. The lowest BCUT2D eigenvalue weighted by atomic mass is 10.0. The average molecular weight is 287 g/mol. The van der Waals surface area contributed by atoms with Gasteiger partial charge in [0.15, 0.2) is 0 Å². The molecule has 21 heavy (non-hydrogen) atoms. The normalized spacial score (nSPS) is 12.6. The second kappa shape index (κ2) is 7.27. The van der Waals surface area contributed by atoms with Crippen LogP contribution in [0.4, 0.5) is 0 Å². The third-order valence-electron chi connectivity index (χ3n) is 3.36. The summed E-state index contributed by atoms with van der Waals surface area (Å²) in [6.07, 6.45) is 5.63. The van der Waals surface area contributed by atoms with Crippen molar-refractivity contribution in [3.8, 4) is 11.4 Å². The molecule has 1 unspecified atom stereocenters. The van der Waals surface area contributed by atoms with Crippen molar-refractivity contribution in [2.24, 2.45) is 11.7 Å². The number of rotatable bonds is 7. The molecule has 2 N–H and O–H groups in total. The zero-order chi connectivity index (χ0) is 15.2. The Bertz CT molecular complexity index is 545. The number of benzene rings is 1. The minimum Gasteiger partial charge on any atom is -0.494 e. The largest absolute Gasteiger partial charge is 0.494 e. The number of aromatic nitrogens is 2. The second-order valence-electron chi connectivity index (χ2n) is 5.77. The molecule has 0 radical (unpaired) electrons. The molecule has 4 heteroatoms. The van der Waals surface area contributed by atoms with Crippen LogP contribution in [0.2, 0.25) is 0 Å². The summed E-state index contributed by atoms with van der Waals surface area (Å²) in [6, 6.07) is 8.06. The molecule has 4 nitrogen and oxygen atoms in total. The van der Waals surface area contributed by atoms with Gasteiger partial charge < -0.3 is 15.0 Å². The maximum atomic E-state index is 6.29. The predicted octanol–water partition coefficient (Wildman–Crippen LogP) is 3.71. The van der Waals surface area contributed by atoms with E-state index in [-0.39, 0.29) is 6.04 Å². The molecule has 0 fully saturated rings. The van der Waals surface area contributed by atoms with Crippen LogP contribution < -0.4 is 10.5 Å². The lowest BCUT2D eigenvalue weighted by Crippen LogP contribution is -2.16. The zero-order valence-electron chi connectivity index (χ0n) is 13.1. The highest BCUT2D eigenvalue weighted by Gasteiger charge is 2.14. The van der Waals surface area contributed by atoms with Gasteiger partial charge in [-0.2, -0.15) is 0 Å². The van der Waals surface area contributed by atoms with E-state index in [0.29, 0.717) is 5.92 Å². The van der Waals surface area contributed by atoms with Crippen LogP contribution in [0.15, 0.2) is 36.8 Å². The Morgan fingerprint density at radius 2 is 1.95 bits per heavy atom. The summed E-state index contributed by atoms with van der Waals surface area (Å²) >= 11 is 0. The molecule has 1 atom stereocenters. The highest BCUT2D eigenvalue weighted by atomic mass is 16.5. The number of nitrogens with two attached hydrogens (primary N) is 1. The summed E-state index contributed by atoms with van der Waals surface area (Å²) in [5.41, 5.74) is 8.40. The Kier molecular flexibility index (Phi) is 5.39. The van der Waals surface area contributed by atoms with Crippen molar-refractivity contribution in [2.45, 2.75) is 39.7 Å². The molecule has 0 amide bonds. The molecule has 0 aliphatic rings. The van der Waals surface area contributed by atoms with Crippen molar-refractivity contribution < 1.29 is 4.74 Å². The first-order valence-electron chi connectivity index (χ1n) is 7.62. The molecule has 0 aliphatic heterocycles. The van der Waals surface area contributed by atoms with E-state index in [0.717, 1.165) is 36.6 Å². The molecule has 0 saturated heterocycles. The fourth-order valence-corrected chi connectivity index (χ4v) is 2.35. The molecular formula is C17H25N3O. The Hall–Kier alpha value is -1.81. The number of hydrogen-bond donors (Lipinski definition) is 1. The SMILES string of the molecule is CCCOc1ccc(-n2cncc2C(N)CC(C)C)cc1. The van der Waals surface area contributed by atoms with E-state index in [1.807, 2.05) is 36.8 Å². The Balaban J connectivity index is 2.17. The first-order valence-corrected chi connectivity index (χ1v) is 7.62. The van der Waals surface area contributed by atoms with Crippen molar-refractivity contribution in [1.29, 1.82) is 0 Å². The van der Waals surface area contributed by atoms with Crippen LogP contribution in [0.5, 0.6) is 5.75 Å². The van der Waals surface area contributed by atoms with Crippen LogP contribution in [-0.4, -0.2) is 16.2 Å². The smallest absolute Gasteiger partial charge is 0.119 e. The highest BCUT2D eigenvalue weighted by Crippen LogP contribution is 2.23. The quantitative estimate of drug-likeness (QED) is 0.844. The van der Waals surface area contributed by atoms with Crippen LogP contribution in [0.1, 0.15) is 45.3 Å². The van der Waals surface area contributed by atoms with Gasteiger partial charge in [-0.25, -0.2) is 4.98 Å². The van der Waals surface area contributed by atoms with Crippen LogP contribution >= 0.6 is 0 Å². The fourth-order valence-electron chi connectivity index (χ4n) is 2.35. The standard InChI is InChI=1S/C17H25N3O/c1-4-9-21-15-7-5-14(6-8-15)20-12-19-11-17(20)16(18)10-13(2)3/h5-8,11-13,16H,4,9-10,18H2,1-3H3. The lowest BCUT2D eigenvalue weighted by molar-refractivity contribution is 0.317. The highest BCUT2D eigenvalue weighted by molar-refractivity contribution is 5.39. The third kappa shape index (κ3) is 4.08. The summed E-state index contributed by atoms with van der Waals surface area (Å²) in [7, 11) is 0. The van der Waals surface area contributed by atoms with Gasteiger partial charge in [-0.3, -0.25) is 0 Å².